The van der Waals surface area contributed by atoms with Gasteiger partial charge >= 0.3 is 0 Å². The summed E-state index contributed by atoms with van der Waals surface area (Å²) in [6.45, 7) is 7.11. The van der Waals surface area contributed by atoms with Crippen LogP contribution in [0.2, 0.25) is 0 Å². The molecule has 2 rings (SSSR count). The highest BCUT2D eigenvalue weighted by Crippen LogP contribution is 2.37. The van der Waals surface area contributed by atoms with E-state index in [0.717, 1.165) is 12.5 Å². The third-order valence-corrected chi connectivity index (χ3v) is 3.91. The van der Waals surface area contributed by atoms with Crippen LogP contribution >= 0.6 is 0 Å². The number of amides is 1. The lowest BCUT2D eigenvalue weighted by molar-refractivity contribution is -0.141. The molecule has 0 aromatic heterocycles. The zero-order valence-corrected chi connectivity index (χ0v) is 10.3. The van der Waals surface area contributed by atoms with Crippen molar-refractivity contribution in [3.05, 3.63) is 0 Å². The highest BCUT2D eigenvalue weighted by molar-refractivity contribution is 5.82. The van der Waals surface area contributed by atoms with Crippen molar-refractivity contribution in [2.24, 2.45) is 11.3 Å². The van der Waals surface area contributed by atoms with Crippen LogP contribution in [-0.4, -0.2) is 23.4 Å². The van der Waals surface area contributed by atoms with Crippen LogP contribution in [0.4, 0.5) is 0 Å². The third-order valence-electron chi connectivity index (χ3n) is 3.91. The number of carbonyl (C=O) groups excluding carboxylic acids is 1. The van der Waals surface area contributed by atoms with Gasteiger partial charge in [0.15, 0.2) is 0 Å². The molecule has 2 unspecified atom stereocenters. The molecule has 2 heteroatoms. The zero-order chi connectivity index (χ0) is 11.1. The van der Waals surface area contributed by atoms with E-state index in [2.05, 4.69) is 4.90 Å². The standard InChI is InChI=1S/C13H23NO/c1-13(2,3)12(15)14-9-8-10-6-4-5-7-11(10)14/h10-11H,4-9H2,1-3H3. The van der Waals surface area contributed by atoms with Gasteiger partial charge < -0.3 is 4.90 Å². The second-order valence-corrected chi connectivity index (χ2v) is 6.15. The van der Waals surface area contributed by atoms with Crippen LogP contribution in [0.5, 0.6) is 0 Å². The van der Waals surface area contributed by atoms with Gasteiger partial charge in [-0.2, -0.15) is 0 Å². The van der Waals surface area contributed by atoms with E-state index < -0.39 is 0 Å². The lowest BCUT2D eigenvalue weighted by atomic mass is 9.84. The first kappa shape index (κ1) is 11.0. The van der Waals surface area contributed by atoms with E-state index in [1.165, 1.54) is 32.1 Å². The van der Waals surface area contributed by atoms with E-state index in [4.69, 9.17) is 0 Å². The Balaban J connectivity index is 2.08. The molecule has 2 atom stereocenters. The lowest BCUT2D eigenvalue weighted by Gasteiger charge is -2.35. The summed E-state index contributed by atoms with van der Waals surface area (Å²) >= 11 is 0. The van der Waals surface area contributed by atoms with E-state index >= 15 is 0 Å². The van der Waals surface area contributed by atoms with Crippen molar-refractivity contribution in [2.45, 2.75) is 58.9 Å². The number of likely N-dealkylation sites (tertiary alicyclic amines) is 1. The number of hydrogen-bond donors (Lipinski definition) is 0. The first-order chi connectivity index (χ1) is 7.00. The average molecular weight is 209 g/mol. The average Bonchev–Trinajstić information content (AvgIpc) is 2.58. The summed E-state index contributed by atoms with van der Waals surface area (Å²) in [5, 5.41) is 0. The fraction of sp³-hybridized carbons (Fsp3) is 0.923. The summed E-state index contributed by atoms with van der Waals surface area (Å²) in [7, 11) is 0. The summed E-state index contributed by atoms with van der Waals surface area (Å²) in [5.74, 6) is 1.17. The Hall–Kier alpha value is -0.530. The number of nitrogens with zero attached hydrogens (tertiary/aromatic N) is 1. The highest BCUT2D eigenvalue weighted by atomic mass is 16.2. The van der Waals surface area contributed by atoms with Crippen molar-refractivity contribution in [3.63, 3.8) is 0 Å². The van der Waals surface area contributed by atoms with Crippen molar-refractivity contribution in [1.82, 2.24) is 4.90 Å². The van der Waals surface area contributed by atoms with Gasteiger partial charge in [-0.3, -0.25) is 4.79 Å². The van der Waals surface area contributed by atoms with Crippen LogP contribution in [0.15, 0.2) is 0 Å². The Labute approximate surface area is 93.0 Å². The second kappa shape index (κ2) is 3.80. The normalized spacial score (nSPS) is 31.5. The van der Waals surface area contributed by atoms with E-state index in [1.807, 2.05) is 20.8 Å². The van der Waals surface area contributed by atoms with Crippen LogP contribution in [0.25, 0.3) is 0 Å². The molecule has 2 fully saturated rings. The minimum Gasteiger partial charge on any atom is -0.339 e. The summed E-state index contributed by atoms with van der Waals surface area (Å²) < 4.78 is 0. The van der Waals surface area contributed by atoms with Crippen LogP contribution < -0.4 is 0 Å². The molecule has 86 valence electrons. The number of fused-ring (bicyclic) bond motifs is 1. The maximum atomic E-state index is 12.2. The molecular formula is C13H23NO. The molecular weight excluding hydrogens is 186 g/mol. The number of carbonyl (C=O) groups is 1. The van der Waals surface area contributed by atoms with E-state index in [1.54, 1.807) is 0 Å². The molecule has 1 saturated carbocycles. The van der Waals surface area contributed by atoms with Crippen molar-refractivity contribution in [1.29, 1.82) is 0 Å². The van der Waals surface area contributed by atoms with Crippen molar-refractivity contribution < 1.29 is 4.79 Å². The molecule has 15 heavy (non-hydrogen) atoms. The molecule has 1 amide bonds. The summed E-state index contributed by atoms with van der Waals surface area (Å²) in [6, 6.07) is 0.575. The fourth-order valence-electron chi connectivity index (χ4n) is 3.09. The van der Waals surface area contributed by atoms with Crippen LogP contribution in [0.3, 0.4) is 0 Å². The first-order valence-corrected chi connectivity index (χ1v) is 6.31. The van der Waals surface area contributed by atoms with Crippen LogP contribution in [0, 0.1) is 11.3 Å². The molecule has 1 aliphatic carbocycles. The van der Waals surface area contributed by atoms with Crippen LogP contribution in [0.1, 0.15) is 52.9 Å². The predicted molar refractivity (Wildman–Crippen MR) is 61.5 cm³/mol. The molecule has 0 aromatic carbocycles. The largest absolute Gasteiger partial charge is 0.339 e. The molecule has 0 N–H and O–H groups in total. The van der Waals surface area contributed by atoms with E-state index in [-0.39, 0.29) is 5.41 Å². The molecule has 2 aliphatic rings. The lowest BCUT2D eigenvalue weighted by Crippen LogP contribution is -2.44. The Kier molecular flexibility index (Phi) is 2.78. The number of rotatable bonds is 0. The van der Waals surface area contributed by atoms with Crippen molar-refractivity contribution in [2.75, 3.05) is 6.54 Å². The fourth-order valence-corrected chi connectivity index (χ4v) is 3.09. The molecule has 1 saturated heterocycles. The molecule has 1 heterocycles. The highest BCUT2D eigenvalue weighted by Gasteiger charge is 2.41. The van der Waals surface area contributed by atoms with Gasteiger partial charge in [0.2, 0.25) is 5.91 Å². The SMILES string of the molecule is CC(C)(C)C(=O)N1CCC2CCCCC21. The van der Waals surface area contributed by atoms with E-state index in [9.17, 15) is 4.79 Å². The first-order valence-electron chi connectivity index (χ1n) is 6.31. The quantitative estimate of drug-likeness (QED) is 0.601. The maximum Gasteiger partial charge on any atom is 0.228 e. The van der Waals surface area contributed by atoms with Gasteiger partial charge in [0, 0.05) is 18.0 Å². The predicted octanol–water partition coefficient (Wildman–Crippen LogP) is 2.82. The molecule has 1 aliphatic heterocycles. The Morgan fingerprint density at radius 1 is 1.13 bits per heavy atom. The molecule has 2 nitrogen and oxygen atoms in total. The topological polar surface area (TPSA) is 20.3 Å². The molecule has 0 radical (unpaired) electrons. The number of hydrogen-bond acceptors (Lipinski definition) is 1. The molecule has 0 aromatic rings. The minimum atomic E-state index is -0.202. The minimum absolute atomic E-state index is 0.202. The van der Waals surface area contributed by atoms with Gasteiger partial charge in [-0.1, -0.05) is 33.6 Å². The Bertz CT molecular complexity index is 254. The molecule has 0 spiro atoms. The Morgan fingerprint density at radius 2 is 1.80 bits per heavy atom. The van der Waals surface area contributed by atoms with Gasteiger partial charge in [-0.15, -0.1) is 0 Å². The second-order valence-electron chi connectivity index (χ2n) is 6.15. The van der Waals surface area contributed by atoms with Gasteiger partial charge in [0.1, 0.15) is 0 Å². The van der Waals surface area contributed by atoms with Gasteiger partial charge in [-0.25, -0.2) is 0 Å². The summed E-state index contributed by atoms with van der Waals surface area (Å²) in [4.78, 5) is 14.4. The monoisotopic (exact) mass is 209 g/mol. The zero-order valence-electron chi connectivity index (χ0n) is 10.3. The van der Waals surface area contributed by atoms with Crippen LogP contribution in [-0.2, 0) is 4.79 Å². The Morgan fingerprint density at radius 3 is 2.47 bits per heavy atom. The maximum absolute atomic E-state index is 12.2. The summed E-state index contributed by atoms with van der Waals surface area (Å²) in [6.07, 6.45) is 6.52. The smallest absolute Gasteiger partial charge is 0.228 e. The van der Waals surface area contributed by atoms with E-state index in [0.29, 0.717) is 11.9 Å². The van der Waals surface area contributed by atoms with Crippen molar-refractivity contribution in [3.8, 4) is 0 Å². The summed E-state index contributed by atoms with van der Waals surface area (Å²) in [5.41, 5.74) is -0.202. The van der Waals surface area contributed by atoms with Crippen molar-refractivity contribution >= 4 is 5.91 Å². The van der Waals surface area contributed by atoms with Gasteiger partial charge in [0.05, 0.1) is 0 Å². The van der Waals surface area contributed by atoms with Gasteiger partial charge in [0.25, 0.3) is 0 Å². The third kappa shape index (κ3) is 2.04. The molecule has 0 bridgehead atoms. The van der Waals surface area contributed by atoms with Gasteiger partial charge in [-0.05, 0) is 25.2 Å².